The van der Waals surface area contributed by atoms with Crippen molar-refractivity contribution >= 4 is 11.2 Å². The average molecular weight is 396 g/mol. The number of rotatable bonds is 7. The van der Waals surface area contributed by atoms with E-state index in [9.17, 15) is 0 Å². The van der Waals surface area contributed by atoms with E-state index in [1.165, 1.54) is 12.8 Å². The van der Waals surface area contributed by atoms with Gasteiger partial charge in [-0.05, 0) is 57.2 Å². The van der Waals surface area contributed by atoms with Gasteiger partial charge in [-0.1, -0.05) is 6.07 Å². The number of aromatic amines is 1. The second-order valence-corrected chi connectivity index (χ2v) is 7.40. The van der Waals surface area contributed by atoms with Crippen LogP contribution in [0.3, 0.4) is 0 Å². The molecule has 1 aliphatic rings. The first-order valence-corrected chi connectivity index (χ1v) is 10.5. The fourth-order valence-electron chi connectivity index (χ4n) is 3.91. The third-order valence-electron chi connectivity index (χ3n) is 5.39. The quantitative estimate of drug-likeness (QED) is 0.663. The Kier molecular flexibility index (Phi) is 5.83. The van der Waals surface area contributed by atoms with Crippen LogP contribution in [0.4, 0.5) is 0 Å². The monoisotopic (exact) mass is 395 g/mol. The molecule has 2 aromatic heterocycles. The van der Waals surface area contributed by atoms with Crippen molar-refractivity contribution in [3.63, 3.8) is 0 Å². The summed E-state index contributed by atoms with van der Waals surface area (Å²) in [6.45, 7) is 5.59. The molecule has 0 aliphatic heterocycles. The van der Waals surface area contributed by atoms with Crippen LogP contribution in [-0.2, 0) is 13.0 Å². The molecular formula is C22H29N5O2. The molecule has 0 amide bonds. The fraction of sp³-hybridized carbons (Fsp3) is 0.500. The molecule has 0 spiro atoms. The molecule has 0 radical (unpaired) electrons. The van der Waals surface area contributed by atoms with Crippen molar-refractivity contribution in [2.45, 2.75) is 58.6 Å². The van der Waals surface area contributed by atoms with E-state index in [1.54, 1.807) is 7.11 Å². The molecule has 154 valence electrons. The fourth-order valence-corrected chi connectivity index (χ4v) is 3.91. The number of methoxy groups -OCH3 is 1. The molecule has 0 unspecified atom stereocenters. The zero-order chi connectivity index (χ0) is 20.2. The Morgan fingerprint density at radius 3 is 2.76 bits per heavy atom. The van der Waals surface area contributed by atoms with Crippen LogP contribution in [0, 0.1) is 0 Å². The first kappa shape index (κ1) is 19.5. The lowest BCUT2D eigenvalue weighted by atomic mass is 10.1. The molecule has 7 heteroatoms. The molecule has 4 rings (SSSR count). The van der Waals surface area contributed by atoms with Gasteiger partial charge in [0.2, 0.25) is 0 Å². The number of benzene rings is 1. The summed E-state index contributed by atoms with van der Waals surface area (Å²) in [5, 5.41) is 0. The molecule has 1 aromatic carbocycles. The normalized spacial score (nSPS) is 15.3. The maximum atomic E-state index is 6.24. The minimum Gasteiger partial charge on any atom is -0.493 e. The summed E-state index contributed by atoms with van der Waals surface area (Å²) in [6, 6.07) is 6.12. The van der Waals surface area contributed by atoms with Crippen molar-refractivity contribution in [3.05, 3.63) is 41.4 Å². The van der Waals surface area contributed by atoms with E-state index in [0.29, 0.717) is 18.5 Å². The summed E-state index contributed by atoms with van der Waals surface area (Å²) < 4.78 is 13.8. The maximum absolute atomic E-state index is 6.24. The van der Waals surface area contributed by atoms with Gasteiger partial charge in [0.15, 0.2) is 22.6 Å². The highest BCUT2D eigenvalue weighted by Gasteiger charge is 2.19. The molecule has 2 heterocycles. The smallest absolute Gasteiger partial charge is 0.176 e. The van der Waals surface area contributed by atoms with E-state index in [0.717, 1.165) is 53.4 Å². The molecule has 1 fully saturated rings. The first-order valence-electron chi connectivity index (χ1n) is 10.5. The molecule has 0 saturated heterocycles. The van der Waals surface area contributed by atoms with Gasteiger partial charge < -0.3 is 19.0 Å². The number of hydrogen-bond acceptors (Lipinski definition) is 5. The molecule has 0 bridgehead atoms. The lowest BCUT2D eigenvalue weighted by Gasteiger charge is -2.16. The molecule has 29 heavy (non-hydrogen) atoms. The largest absolute Gasteiger partial charge is 0.493 e. The van der Waals surface area contributed by atoms with Crippen molar-refractivity contribution in [2.24, 2.45) is 4.99 Å². The van der Waals surface area contributed by atoms with Crippen LogP contribution in [0.5, 0.6) is 11.5 Å². The summed E-state index contributed by atoms with van der Waals surface area (Å²) >= 11 is 0. The standard InChI is InChI=1S/C22H29N5O2/c1-4-23-21-20-22(27(5-2)14-24-21)26-19(25-20)13-15-10-11-17(28-3)18(12-15)29-16-8-6-7-9-16/h10-12,14,16H,4-9,13H2,1-3H3,(H,25,26). The Hall–Kier alpha value is -2.83. The second-order valence-electron chi connectivity index (χ2n) is 7.40. The summed E-state index contributed by atoms with van der Waals surface area (Å²) in [6.07, 6.45) is 7.48. The Morgan fingerprint density at radius 2 is 2.03 bits per heavy atom. The van der Waals surface area contributed by atoms with Gasteiger partial charge >= 0.3 is 0 Å². The van der Waals surface area contributed by atoms with Crippen LogP contribution < -0.4 is 15.0 Å². The predicted octanol–water partition coefficient (Wildman–Crippen LogP) is 3.62. The molecule has 1 N–H and O–H groups in total. The number of nitrogens with zero attached hydrogens (tertiary/aromatic N) is 4. The molecule has 3 aromatic rings. The van der Waals surface area contributed by atoms with Gasteiger partial charge in [-0.25, -0.2) is 9.97 Å². The summed E-state index contributed by atoms with van der Waals surface area (Å²) in [5.41, 5.74) is 3.62. The Balaban J connectivity index is 1.65. The maximum Gasteiger partial charge on any atom is 0.176 e. The van der Waals surface area contributed by atoms with Crippen molar-refractivity contribution in [1.82, 2.24) is 19.5 Å². The van der Waals surface area contributed by atoms with Gasteiger partial charge in [-0.3, -0.25) is 4.99 Å². The lowest BCUT2D eigenvalue weighted by Crippen LogP contribution is -2.14. The molecule has 7 nitrogen and oxygen atoms in total. The highest BCUT2D eigenvalue weighted by Crippen LogP contribution is 2.33. The van der Waals surface area contributed by atoms with Crippen LogP contribution in [0.25, 0.3) is 11.2 Å². The van der Waals surface area contributed by atoms with E-state index in [2.05, 4.69) is 34.0 Å². The third-order valence-corrected chi connectivity index (χ3v) is 5.39. The van der Waals surface area contributed by atoms with Gasteiger partial charge in [0.05, 0.1) is 19.5 Å². The van der Waals surface area contributed by atoms with Gasteiger partial charge in [0.25, 0.3) is 0 Å². The summed E-state index contributed by atoms with van der Waals surface area (Å²) in [7, 11) is 1.69. The van der Waals surface area contributed by atoms with Crippen LogP contribution in [0.15, 0.2) is 29.5 Å². The molecule has 0 atom stereocenters. The second kappa shape index (κ2) is 8.68. The number of hydrogen-bond donors (Lipinski definition) is 1. The number of aromatic nitrogens is 4. The van der Waals surface area contributed by atoms with Crippen LogP contribution in [0.1, 0.15) is 50.9 Å². The van der Waals surface area contributed by atoms with Gasteiger partial charge in [0.1, 0.15) is 11.3 Å². The van der Waals surface area contributed by atoms with E-state index >= 15 is 0 Å². The Morgan fingerprint density at radius 1 is 1.21 bits per heavy atom. The highest BCUT2D eigenvalue weighted by atomic mass is 16.5. The van der Waals surface area contributed by atoms with Crippen LogP contribution >= 0.6 is 0 Å². The molecule has 1 aliphatic carbocycles. The van der Waals surface area contributed by atoms with E-state index in [1.807, 2.05) is 23.9 Å². The first-order chi connectivity index (χ1) is 14.2. The lowest BCUT2D eigenvalue weighted by molar-refractivity contribution is 0.200. The van der Waals surface area contributed by atoms with E-state index < -0.39 is 0 Å². The number of fused-ring (bicyclic) bond motifs is 1. The SMILES string of the molecule is CCN=c1ncn(CC)c2nc(Cc3ccc(OC)c(OC4CCCC4)c3)[nH]c12. The number of nitrogens with one attached hydrogen (secondary N) is 1. The highest BCUT2D eigenvalue weighted by molar-refractivity contribution is 5.69. The summed E-state index contributed by atoms with van der Waals surface area (Å²) in [4.78, 5) is 17.2. The Bertz CT molecular complexity index is 1050. The topological polar surface area (TPSA) is 77.3 Å². The zero-order valence-electron chi connectivity index (χ0n) is 17.4. The number of H-pyrrole nitrogens is 1. The van der Waals surface area contributed by atoms with Crippen molar-refractivity contribution in [1.29, 1.82) is 0 Å². The van der Waals surface area contributed by atoms with Crippen LogP contribution in [-0.4, -0.2) is 39.3 Å². The van der Waals surface area contributed by atoms with Crippen molar-refractivity contribution in [3.8, 4) is 11.5 Å². The average Bonchev–Trinajstić information content (AvgIpc) is 3.39. The molecule has 1 saturated carbocycles. The predicted molar refractivity (Wildman–Crippen MR) is 112 cm³/mol. The van der Waals surface area contributed by atoms with Gasteiger partial charge in [0, 0.05) is 19.5 Å². The summed E-state index contributed by atoms with van der Waals surface area (Å²) in [5.74, 6) is 2.49. The third kappa shape index (κ3) is 4.13. The van der Waals surface area contributed by atoms with E-state index in [4.69, 9.17) is 14.5 Å². The zero-order valence-corrected chi connectivity index (χ0v) is 17.4. The van der Waals surface area contributed by atoms with Crippen LogP contribution in [0.2, 0.25) is 0 Å². The van der Waals surface area contributed by atoms with Gasteiger partial charge in [-0.15, -0.1) is 0 Å². The van der Waals surface area contributed by atoms with E-state index in [-0.39, 0.29) is 6.10 Å². The van der Waals surface area contributed by atoms with Gasteiger partial charge in [-0.2, -0.15) is 0 Å². The van der Waals surface area contributed by atoms with Crippen molar-refractivity contribution < 1.29 is 9.47 Å². The van der Waals surface area contributed by atoms with Crippen molar-refractivity contribution in [2.75, 3.05) is 13.7 Å². The Labute approximate surface area is 170 Å². The molecular weight excluding hydrogens is 366 g/mol. The number of ether oxygens (including phenoxy) is 2. The minimum absolute atomic E-state index is 0.290. The minimum atomic E-state index is 0.290. The number of aryl methyl sites for hydroxylation is 1. The number of imidazole rings is 1.